The molecule has 0 spiro atoms. The Bertz CT molecular complexity index is 628. The number of nitrogens with one attached hydrogen (secondary N) is 1. The van der Waals surface area contributed by atoms with Crippen molar-refractivity contribution in [1.29, 1.82) is 0 Å². The number of nitrogens with two attached hydrogens (primary N) is 1. The van der Waals surface area contributed by atoms with Crippen LogP contribution in [-0.2, 0) is 14.8 Å². The van der Waals surface area contributed by atoms with Gasteiger partial charge >= 0.3 is 5.69 Å². The Hall–Kier alpha value is -1.87. The Kier molecular flexibility index (Phi) is 3.77. The Morgan fingerprint density at radius 1 is 1.50 bits per heavy atom. The van der Waals surface area contributed by atoms with Gasteiger partial charge in [-0.3, -0.25) is 14.9 Å². The standard InChI is InChI=1S/C8H8ClN3O5S/c1-4(13)11-18(16,17)6-3-2-5(10)8(7(6)9)12(14)15/h2-3H,10H2,1H3,(H,11,13). The molecule has 18 heavy (non-hydrogen) atoms. The topological polar surface area (TPSA) is 132 Å². The average Bonchev–Trinajstić information content (AvgIpc) is 2.13. The molecule has 1 rings (SSSR count). The van der Waals surface area contributed by atoms with Gasteiger partial charge in [0, 0.05) is 6.92 Å². The number of nitro benzene ring substituents is 1. The third-order valence-corrected chi connectivity index (χ3v) is 3.83. The summed E-state index contributed by atoms with van der Waals surface area (Å²) in [6.45, 7) is 0.983. The molecule has 0 aliphatic rings. The van der Waals surface area contributed by atoms with Gasteiger partial charge in [0.2, 0.25) is 5.91 Å². The molecule has 0 radical (unpaired) electrons. The van der Waals surface area contributed by atoms with Gasteiger partial charge in [0.25, 0.3) is 10.0 Å². The van der Waals surface area contributed by atoms with E-state index in [2.05, 4.69) is 0 Å². The molecule has 0 atom stereocenters. The van der Waals surface area contributed by atoms with Gasteiger partial charge < -0.3 is 5.73 Å². The Labute approximate surface area is 107 Å². The van der Waals surface area contributed by atoms with Crippen LogP contribution in [-0.4, -0.2) is 19.2 Å². The summed E-state index contributed by atoms with van der Waals surface area (Å²) >= 11 is 5.62. The average molecular weight is 294 g/mol. The molecule has 3 N–H and O–H groups in total. The van der Waals surface area contributed by atoms with Gasteiger partial charge in [0.15, 0.2) is 0 Å². The fraction of sp³-hybridized carbons (Fsp3) is 0.125. The fourth-order valence-electron chi connectivity index (χ4n) is 1.20. The number of hydrogen-bond donors (Lipinski definition) is 2. The first-order chi connectivity index (χ1) is 8.16. The van der Waals surface area contributed by atoms with E-state index in [9.17, 15) is 23.3 Å². The first kappa shape index (κ1) is 14.2. The van der Waals surface area contributed by atoms with Crippen molar-refractivity contribution in [3.63, 3.8) is 0 Å². The smallest absolute Gasteiger partial charge is 0.311 e. The van der Waals surface area contributed by atoms with E-state index in [1.54, 1.807) is 4.72 Å². The lowest BCUT2D eigenvalue weighted by Crippen LogP contribution is -2.28. The molecule has 0 aromatic heterocycles. The van der Waals surface area contributed by atoms with Crippen LogP contribution in [0.5, 0.6) is 0 Å². The molecule has 98 valence electrons. The van der Waals surface area contributed by atoms with Gasteiger partial charge in [-0.15, -0.1) is 0 Å². The largest absolute Gasteiger partial charge is 0.393 e. The highest BCUT2D eigenvalue weighted by Gasteiger charge is 2.27. The van der Waals surface area contributed by atoms with E-state index < -0.39 is 36.5 Å². The summed E-state index contributed by atoms with van der Waals surface area (Å²) in [5.74, 6) is -0.842. The number of benzene rings is 1. The maximum absolute atomic E-state index is 11.7. The number of anilines is 1. The third-order valence-electron chi connectivity index (χ3n) is 1.86. The number of nitrogens with zero attached hydrogens (tertiary/aromatic N) is 1. The van der Waals surface area contributed by atoms with Crippen molar-refractivity contribution in [2.75, 3.05) is 5.73 Å². The maximum Gasteiger partial charge on any atom is 0.311 e. The lowest BCUT2D eigenvalue weighted by molar-refractivity contribution is -0.383. The fourth-order valence-corrected chi connectivity index (χ4v) is 2.81. The van der Waals surface area contributed by atoms with Gasteiger partial charge in [-0.2, -0.15) is 0 Å². The number of nitro groups is 1. The van der Waals surface area contributed by atoms with E-state index in [1.165, 1.54) is 0 Å². The Morgan fingerprint density at radius 3 is 2.50 bits per heavy atom. The summed E-state index contributed by atoms with van der Waals surface area (Å²) in [6, 6.07) is 2.01. The molecule has 8 nitrogen and oxygen atoms in total. The van der Waals surface area contributed by atoms with Crippen molar-refractivity contribution in [3.05, 3.63) is 27.3 Å². The number of rotatable bonds is 3. The molecule has 0 saturated carbocycles. The van der Waals surface area contributed by atoms with Crippen molar-refractivity contribution in [2.45, 2.75) is 11.8 Å². The van der Waals surface area contributed by atoms with Crippen molar-refractivity contribution >= 4 is 38.9 Å². The molecule has 0 aliphatic carbocycles. The normalized spacial score (nSPS) is 11.0. The molecule has 0 bridgehead atoms. The number of sulfonamides is 1. The van der Waals surface area contributed by atoms with Crippen LogP contribution in [0.15, 0.2) is 17.0 Å². The minimum absolute atomic E-state index is 0.272. The molecule has 0 heterocycles. The van der Waals surface area contributed by atoms with Gasteiger partial charge in [0.1, 0.15) is 15.6 Å². The summed E-state index contributed by atoms with van der Waals surface area (Å²) in [5, 5.41) is 10.1. The monoisotopic (exact) mass is 293 g/mol. The van der Waals surface area contributed by atoms with E-state index in [1.807, 2.05) is 0 Å². The van der Waals surface area contributed by atoms with Gasteiger partial charge in [-0.05, 0) is 12.1 Å². The number of carbonyl (C=O) groups excluding carboxylic acids is 1. The summed E-state index contributed by atoms with van der Waals surface area (Å²) in [5.41, 5.74) is 4.34. The van der Waals surface area contributed by atoms with Crippen LogP contribution in [0.4, 0.5) is 11.4 Å². The SMILES string of the molecule is CC(=O)NS(=O)(=O)c1ccc(N)c([N+](=O)[O-])c1Cl. The molecule has 1 aromatic rings. The van der Waals surface area contributed by atoms with Crippen LogP contribution >= 0.6 is 11.6 Å². The zero-order valence-electron chi connectivity index (χ0n) is 9.01. The van der Waals surface area contributed by atoms with Crippen LogP contribution in [0.25, 0.3) is 0 Å². The zero-order chi connectivity index (χ0) is 14.1. The van der Waals surface area contributed by atoms with Crippen molar-refractivity contribution in [2.24, 2.45) is 0 Å². The van der Waals surface area contributed by atoms with Gasteiger partial charge in [0.05, 0.1) is 4.92 Å². The molecular weight excluding hydrogens is 286 g/mol. The van der Waals surface area contributed by atoms with Crippen LogP contribution in [0.1, 0.15) is 6.92 Å². The highest BCUT2D eigenvalue weighted by molar-refractivity contribution is 7.90. The number of carbonyl (C=O) groups is 1. The Morgan fingerprint density at radius 2 is 2.06 bits per heavy atom. The van der Waals surface area contributed by atoms with E-state index in [0.29, 0.717) is 0 Å². The highest BCUT2D eigenvalue weighted by Crippen LogP contribution is 2.35. The summed E-state index contributed by atoms with van der Waals surface area (Å²) < 4.78 is 25.0. The molecule has 1 amide bonds. The minimum Gasteiger partial charge on any atom is -0.393 e. The molecule has 0 saturated heterocycles. The van der Waals surface area contributed by atoms with Gasteiger partial charge in [-0.25, -0.2) is 13.1 Å². The lowest BCUT2D eigenvalue weighted by Gasteiger charge is -2.07. The van der Waals surface area contributed by atoms with Crippen LogP contribution < -0.4 is 10.5 Å². The highest BCUT2D eigenvalue weighted by atomic mass is 35.5. The minimum atomic E-state index is -4.25. The predicted octanol–water partition coefficient (Wildman–Crippen LogP) is 0.655. The summed E-state index contributed by atoms with van der Waals surface area (Å²) in [7, 11) is -4.25. The van der Waals surface area contributed by atoms with Crippen molar-refractivity contribution in [1.82, 2.24) is 4.72 Å². The number of hydrogen-bond acceptors (Lipinski definition) is 6. The second-order valence-corrected chi connectivity index (χ2v) is 5.26. The number of halogens is 1. The van der Waals surface area contributed by atoms with Crippen molar-refractivity contribution < 1.29 is 18.1 Å². The molecule has 0 unspecified atom stereocenters. The van der Waals surface area contributed by atoms with E-state index in [0.717, 1.165) is 19.1 Å². The van der Waals surface area contributed by atoms with Crippen LogP contribution in [0.3, 0.4) is 0 Å². The van der Waals surface area contributed by atoms with Crippen molar-refractivity contribution in [3.8, 4) is 0 Å². The summed E-state index contributed by atoms with van der Waals surface area (Å²) in [4.78, 5) is 20.0. The molecule has 1 aromatic carbocycles. The van der Waals surface area contributed by atoms with Crippen LogP contribution in [0.2, 0.25) is 5.02 Å². The lowest BCUT2D eigenvalue weighted by atomic mass is 10.3. The van der Waals surface area contributed by atoms with E-state index in [-0.39, 0.29) is 5.69 Å². The van der Waals surface area contributed by atoms with Crippen LogP contribution in [0, 0.1) is 10.1 Å². The van der Waals surface area contributed by atoms with E-state index >= 15 is 0 Å². The number of nitrogen functional groups attached to an aromatic ring is 1. The second kappa shape index (κ2) is 4.78. The molecular formula is C8H8ClN3O5S. The second-order valence-electron chi connectivity index (χ2n) is 3.23. The van der Waals surface area contributed by atoms with E-state index in [4.69, 9.17) is 17.3 Å². The maximum atomic E-state index is 11.7. The molecule has 0 fully saturated rings. The quantitative estimate of drug-likeness (QED) is 0.478. The first-order valence-electron chi connectivity index (χ1n) is 4.42. The predicted molar refractivity (Wildman–Crippen MR) is 63.5 cm³/mol. The summed E-state index contributed by atoms with van der Waals surface area (Å²) in [6.07, 6.45) is 0. The first-order valence-corrected chi connectivity index (χ1v) is 6.28. The molecule has 0 aliphatic heterocycles. The van der Waals surface area contributed by atoms with Gasteiger partial charge in [-0.1, -0.05) is 11.6 Å². The number of amides is 1. The third kappa shape index (κ3) is 2.68. The Balaban J connectivity index is 3.50. The zero-order valence-corrected chi connectivity index (χ0v) is 10.6. The molecule has 10 heteroatoms.